The number of carbonyl (C=O) groups is 3. The van der Waals surface area contributed by atoms with Gasteiger partial charge in [-0.3, -0.25) is 19.3 Å². The second-order valence-corrected chi connectivity index (χ2v) is 8.74. The van der Waals surface area contributed by atoms with Gasteiger partial charge < -0.3 is 9.88 Å². The summed E-state index contributed by atoms with van der Waals surface area (Å²) < 4.78 is 2.12. The standard InChI is InChI=1S/C28H26N4O3/c1-31-24-13-5-4-12-23(24)30-25(31)16-15-19-8-6-9-20(18-19)29-26(33)14-7-17-32-27(34)21-10-2-3-11-22(21)28(32)35/h2-6,8-13,18H,7,14-17H2,1H3,(H,29,33). The monoisotopic (exact) mass is 466 g/mol. The largest absolute Gasteiger partial charge is 0.331 e. The molecule has 7 heteroatoms. The zero-order chi connectivity index (χ0) is 24.4. The summed E-state index contributed by atoms with van der Waals surface area (Å²) in [4.78, 5) is 43.3. The summed E-state index contributed by atoms with van der Waals surface area (Å²) in [5, 5.41) is 2.93. The van der Waals surface area contributed by atoms with Crippen molar-refractivity contribution in [3.63, 3.8) is 0 Å². The number of para-hydroxylation sites is 2. The van der Waals surface area contributed by atoms with E-state index in [2.05, 4.69) is 16.0 Å². The van der Waals surface area contributed by atoms with Crippen molar-refractivity contribution in [1.82, 2.24) is 14.5 Å². The van der Waals surface area contributed by atoms with Crippen molar-refractivity contribution in [2.75, 3.05) is 11.9 Å². The third-order valence-corrected chi connectivity index (χ3v) is 6.39. The molecule has 0 saturated heterocycles. The van der Waals surface area contributed by atoms with Crippen molar-refractivity contribution in [1.29, 1.82) is 0 Å². The summed E-state index contributed by atoms with van der Waals surface area (Å²) in [6.45, 7) is 0.220. The van der Waals surface area contributed by atoms with Gasteiger partial charge in [-0.05, 0) is 54.8 Å². The average molecular weight is 467 g/mol. The number of benzene rings is 3. The number of imide groups is 1. The van der Waals surface area contributed by atoms with Crippen LogP contribution in [0.1, 0.15) is 44.9 Å². The van der Waals surface area contributed by atoms with Crippen molar-refractivity contribution < 1.29 is 14.4 Å². The number of aryl methyl sites for hydroxylation is 3. The fourth-order valence-electron chi connectivity index (χ4n) is 4.54. The van der Waals surface area contributed by atoms with Gasteiger partial charge in [0.2, 0.25) is 5.91 Å². The number of hydrogen-bond donors (Lipinski definition) is 1. The van der Waals surface area contributed by atoms with Gasteiger partial charge in [-0.1, -0.05) is 36.4 Å². The lowest BCUT2D eigenvalue weighted by atomic mass is 10.1. The van der Waals surface area contributed by atoms with Crippen LogP contribution in [0, 0.1) is 0 Å². The molecule has 176 valence electrons. The van der Waals surface area contributed by atoms with Crippen molar-refractivity contribution in [2.24, 2.45) is 7.05 Å². The highest BCUT2D eigenvalue weighted by molar-refractivity contribution is 6.21. The van der Waals surface area contributed by atoms with Crippen molar-refractivity contribution in [3.8, 4) is 0 Å². The number of carbonyl (C=O) groups excluding carboxylic acids is 3. The van der Waals surface area contributed by atoms with E-state index >= 15 is 0 Å². The number of nitrogens with one attached hydrogen (secondary N) is 1. The van der Waals surface area contributed by atoms with E-state index in [0.717, 1.165) is 41.0 Å². The molecule has 0 saturated carbocycles. The Morgan fingerprint density at radius 3 is 2.34 bits per heavy atom. The van der Waals surface area contributed by atoms with Gasteiger partial charge in [-0.2, -0.15) is 0 Å². The van der Waals surface area contributed by atoms with Gasteiger partial charge in [0.25, 0.3) is 11.8 Å². The molecule has 0 radical (unpaired) electrons. The molecule has 7 nitrogen and oxygen atoms in total. The van der Waals surface area contributed by atoms with Crippen LogP contribution in [0.3, 0.4) is 0 Å². The molecule has 0 spiro atoms. The van der Waals surface area contributed by atoms with Crippen LogP contribution in [0.2, 0.25) is 0 Å². The Kier molecular flexibility index (Phi) is 6.14. The van der Waals surface area contributed by atoms with Crippen molar-refractivity contribution >= 4 is 34.4 Å². The number of fused-ring (bicyclic) bond motifs is 2. The first-order valence-corrected chi connectivity index (χ1v) is 11.8. The van der Waals surface area contributed by atoms with Gasteiger partial charge in [0.15, 0.2) is 0 Å². The third kappa shape index (κ3) is 4.57. The number of imidazole rings is 1. The van der Waals surface area contributed by atoms with Gasteiger partial charge in [0.05, 0.1) is 22.2 Å². The summed E-state index contributed by atoms with van der Waals surface area (Å²) in [5.41, 5.74) is 4.81. The van der Waals surface area contributed by atoms with Crippen LogP contribution < -0.4 is 5.32 Å². The molecular formula is C28H26N4O3. The molecule has 1 N–H and O–H groups in total. The molecule has 1 aliphatic rings. The van der Waals surface area contributed by atoms with Crippen LogP contribution in [0.5, 0.6) is 0 Å². The summed E-state index contributed by atoms with van der Waals surface area (Å²) in [6, 6.07) is 22.7. The van der Waals surface area contributed by atoms with Gasteiger partial charge in [0, 0.05) is 32.1 Å². The van der Waals surface area contributed by atoms with Crippen LogP contribution in [-0.2, 0) is 24.7 Å². The fourth-order valence-corrected chi connectivity index (χ4v) is 4.54. The van der Waals surface area contributed by atoms with E-state index in [4.69, 9.17) is 4.98 Å². The van der Waals surface area contributed by atoms with Crippen LogP contribution >= 0.6 is 0 Å². The normalized spacial score (nSPS) is 12.9. The van der Waals surface area contributed by atoms with Gasteiger partial charge in [0.1, 0.15) is 5.82 Å². The number of nitrogens with zero attached hydrogens (tertiary/aromatic N) is 3. The molecule has 3 amide bonds. The Morgan fingerprint density at radius 1 is 0.886 bits per heavy atom. The highest BCUT2D eigenvalue weighted by Gasteiger charge is 2.34. The van der Waals surface area contributed by atoms with Gasteiger partial charge in [-0.25, -0.2) is 4.98 Å². The number of rotatable bonds is 8. The minimum absolute atomic E-state index is 0.144. The molecule has 4 aromatic rings. The molecule has 1 aliphatic heterocycles. The smallest absolute Gasteiger partial charge is 0.261 e. The van der Waals surface area contributed by atoms with Crippen molar-refractivity contribution in [3.05, 3.63) is 95.3 Å². The summed E-state index contributed by atoms with van der Waals surface area (Å²) in [5.74, 6) is 0.293. The van der Waals surface area contributed by atoms with Crippen molar-refractivity contribution in [2.45, 2.75) is 25.7 Å². The van der Waals surface area contributed by atoms with Gasteiger partial charge in [-0.15, -0.1) is 0 Å². The number of aromatic nitrogens is 2. The van der Waals surface area contributed by atoms with Gasteiger partial charge >= 0.3 is 0 Å². The zero-order valence-electron chi connectivity index (χ0n) is 19.5. The fraction of sp³-hybridized carbons (Fsp3) is 0.214. The molecule has 0 bridgehead atoms. The van der Waals surface area contributed by atoms with E-state index in [1.54, 1.807) is 24.3 Å². The average Bonchev–Trinajstić information content (AvgIpc) is 3.32. The summed E-state index contributed by atoms with van der Waals surface area (Å²) >= 11 is 0. The molecule has 1 aromatic heterocycles. The van der Waals surface area contributed by atoms with E-state index in [1.807, 2.05) is 49.5 Å². The molecule has 0 fully saturated rings. The molecule has 2 heterocycles. The molecule has 0 aliphatic carbocycles. The third-order valence-electron chi connectivity index (χ3n) is 6.39. The second-order valence-electron chi connectivity index (χ2n) is 8.74. The molecule has 5 rings (SSSR count). The lowest BCUT2D eigenvalue weighted by molar-refractivity contribution is -0.116. The summed E-state index contributed by atoms with van der Waals surface area (Å²) in [6.07, 6.45) is 2.23. The number of amides is 3. The lowest BCUT2D eigenvalue weighted by Gasteiger charge is -2.13. The second kappa shape index (κ2) is 9.54. The van der Waals surface area contributed by atoms with E-state index in [9.17, 15) is 14.4 Å². The minimum Gasteiger partial charge on any atom is -0.331 e. The Bertz CT molecular complexity index is 1400. The Balaban J connectivity index is 1.13. The molecule has 35 heavy (non-hydrogen) atoms. The maximum Gasteiger partial charge on any atom is 0.261 e. The maximum atomic E-state index is 12.5. The van der Waals surface area contributed by atoms with E-state index in [-0.39, 0.29) is 30.7 Å². The molecule has 3 aromatic carbocycles. The van der Waals surface area contributed by atoms with E-state index in [1.165, 1.54) is 4.90 Å². The lowest BCUT2D eigenvalue weighted by Crippen LogP contribution is -2.31. The first kappa shape index (κ1) is 22.5. The van der Waals surface area contributed by atoms with Crippen LogP contribution in [0.25, 0.3) is 11.0 Å². The van der Waals surface area contributed by atoms with Crippen LogP contribution in [-0.4, -0.2) is 38.7 Å². The highest BCUT2D eigenvalue weighted by atomic mass is 16.2. The first-order valence-electron chi connectivity index (χ1n) is 11.8. The minimum atomic E-state index is -0.292. The first-order chi connectivity index (χ1) is 17.0. The Labute approximate surface area is 203 Å². The molecule has 0 unspecified atom stereocenters. The van der Waals surface area contributed by atoms with Crippen LogP contribution in [0.15, 0.2) is 72.8 Å². The zero-order valence-corrected chi connectivity index (χ0v) is 19.5. The quantitative estimate of drug-likeness (QED) is 0.391. The van der Waals surface area contributed by atoms with E-state index in [0.29, 0.717) is 17.5 Å². The molecular weight excluding hydrogens is 440 g/mol. The van der Waals surface area contributed by atoms with Crippen LogP contribution in [0.4, 0.5) is 5.69 Å². The number of anilines is 1. The number of hydrogen-bond acceptors (Lipinski definition) is 4. The highest BCUT2D eigenvalue weighted by Crippen LogP contribution is 2.23. The Morgan fingerprint density at radius 2 is 1.60 bits per heavy atom. The Hall–Kier alpha value is -4.26. The predicted octanol–water partition coefficient (Wildman–Crippen LogP) is 4.37. The SMILES string of the molecule is Cn1c(CCc2cccc(NC(=O)CCCN3C(=O)c4ccccc4C3=O)c2)nc2ccccc21. The topological polar surface area (TPSA) is 84.3 Å². The molecule has 0 atom stereocenters. The summed E-state index contributed by atoms with van der Waals surface area (Å²) in [7, 11) is 2.03. The maximum absolute atomic E-state index is 12.5. The van der Waals surface area contributed by atoms with E-state index < -0.39 is 0 Å². The predicted molar refractivity (Wildman–Crippen MR) is 134 cm³/mol.